The molecule has 0 spiro atoms. The minimum Gasteiger partial charge on any atom is -0.480 e. The maximum atomic E-state index is 12.2. The second-order valence-electron chi connectivity index (χ2n) is 5.93. The third-order valence-electron chi connectivity index (χ3n) is 3.50. The number of carbonyl (C=O) groups is 3. The second kappa shape index (κ2) is 7.77. The molecule has 8 heteroatoms. The molecule has 0 bridgehead atoms. The molecule has 0 heterocycles. The SMILES string of the molecule is CC([SiH3])C(C)(C)OC(=O)c1cccc(NC(=O)NCC(=O)O)c1. The van der Waals surface area contributed by atoms with E-state index in [4.69, 9.17) is 9.84 Å². The van der Waals surface area contributed by atoms with Gasteiger partial charge in [0.2, 0.25) is 0 Å². The van der Waals surface area contributed by atoms with Crippen molar-refractivity contribution in [3.05, 3.63) is 29.8 Å². The van der Waals surface area contributed by atoms with Crippen molar-refractivity contribution in [1.82, 2.24) is 5.32 Å². The highest BCUT2D eigenvalue weighted by atomic mass is 28.1. The molecular formula is C15H22N2O5Si. The summed E-state index contributed by atoms with van der Waals surface area (Å²) in [5, 5.41) is 13.1. The average Bonchev–Trinajstić information content (AvgIpc) is 2.44. The van der Waals surface area contributed by atoms with Crippen LogP contribution in [0.3, 0.4) is 0 Å². The van der Waals surface area contributed by atoms with Gasteiger partial charge in [-0.25, -0.2) is 9.59 Å². The molecule has 1 unspecified atom stereocenters. The van der Waals surface area contributed by atoms with Crippen LogP contribution in [0.2, 0.25) is 5.54 Å². The van der Waals surface area contributed by atoms with Crippen molar-refractivity contribution >= 4 is 33.9 Å². The molecular weight excluding hydrogens is 316 g/mol. The second-order valence-corrected chi connectivity index (χ2v) is 7.66. The van der Waals surface area contributed by atoms with E-state index in [1.54, 1.807) is 18.2 Å². The number of anilines is 1. The number of rotatable bonds is 6. The predicted octanol–water partition coefficient (Wildman–Crippen LogP) is 1.00. The molecule has 2 amide bonds. The summed E-state index contributed by atoms with van der Waals surface area (Å²) < 4.78 is 5.51. The number of esters is 1. The highest BCUT2D eigenvalue weighted by Gasteiger charge is 2.27. The van der Waals surface area contributed by atoms with E-state index < -0.39 is 30.1 Å². The summed E-state index contributed by atoms with van der Waals surface area (Å²) in [7, 11) is 0.900. The number of urea groups is 1. The highest BCUT2D eigenvalue weighted by Crippen LogP contribution is 2.25. The normalized spacial score (nSPS) is 12.3. The monoisotopic (exact) mass is 338 g/mol. The number of hydrogen-bond donors (Lipinski definition) is 3. The summed E-state index contributed by atoms with van der Waals surface area (Å²) >= 11 is 0. The van der Waals surface area contributed by atoms with E-state index in [0.717, 1.165) is 10.2 Å². The van der Waals surface area contributed by atoms with Gasteiger partial charge in [0.15, 0.2) is 0 Å². The summed E-state index contributed by atoms with van der Waals surface area (Å²) in [6, 6.07) is 5.62. The average molecular weight is 338 g/mol. The van der Waals surface area contributed by atoms with E-state index in [9.17, 15) is 14.4 Å². The number of carboxylic acids is 1. The topological polar surface area (TPSA) is 105 Å². The zero-order chi connectivity index (χ0) is 17.6. The van der Waals surface area contributed by atoms with Gasteiger partial charge in [-0.3, -0.25) is 4.79 Å². The number of amides is 2. The first-order chi connectivity index (χ1) is 10.6. The third-order valence-corrected chi connectivity index (χ3v) is 4.89. The van der Waals surface area contributed by atoms with Crippen molar-refractivity contribution in [2.24, 2.45) is 0 Å². The molecule has 1 atom stereocenters. The Bertz CT molecular complexity index is 601. The van der Waals surface area contributed by atoms with Crippen molar-refractivity contribution in [3.8, 4) is 0 Å². The Balaban J connectivity index is 2.75. The molecule has 0 saturated carbocycles. The number of nitrogens with one attached hydrogen (secondary N) is 2. The molecule has 0 radical (unpaired) electrons. The predicted molar refractivity (Wildman–Crippen MR) is 90.0 cm³/mol. The molecule has 0 saturated heterocycles. The van der Waals surface area contributed by atoms with Crippen LogP contribution in [0.5, 0.6) is 0 Å². The fourth-order valence-electron chi connectivity index (χ4n) is 1.47. The molecule has 0 aromatic heterocycles. The minimum atomic E-state index is -1.14. The van der Waals surface area contributed by atoms with Crippen molar-refractivity contribution in [2.75, 3.05) is 11.9 Å². The molecule has 1 rings (SSSR count). The molecule has 3 N–H and O–H groups in total. The maximum Gasteiger partial charge on any atom is 0.338 e. The summed E-state index contributed by atoms with van der Waals surface area (Å²) in [6.07, 6.45) is 0. The molecule has 0 aliphatic rings. The Morgan fingerprint density at radius 2 is 2.00 bits per heavy atom. The molecule has 1 aromatic rings. The zero-order valence-electron chi connectivity index (χ0n) is 13.7. The van der Waals surface area contributed by atoms with Gasteiger partial charge in [-0.05, 0) is 37.6 Å². The number of carbonyl (C=O) groups excluding carboxylic acids is 2. The molecule has 0 fully saturated rings. The lowest BCUT2D eigenvalue weighted by atomic mass is 10.1. The zero-order valence-corrected chi connectivity index (χ0v) is 15.7. The van der Waals surface area contributed by atoms with E-state index in [-0.39, 0.29) is 5.54 Å². The highest BCUT2D eigenvalue weighted by molar-refractivity contribution is 6.12. The summed E-state index contributed by atoms with van der Waals surface area (Å²) in [5.74, 6) is -1.61. The molecule has 7 nitrogen and oxygen atoms in total. The van der Waals surface area contributed by atoms with Gasteiger partial charge in [-0.15, -0.1) is 0 Å². The van der Waals surface area contributed by atoms with E-state index in [0.29, 0.717) is 11.3 Å². The fourth-order valence-corrected chi connectivity index (χ4v) is 1.59. The Morgan fingerprint density at radius 3 is 2.57 bits per heavy atom. The van der Waals surface area contributed by atoms with Gasteiger partial charge in [0.25, 0.3) is 0 Å². The number of benzene rings is 1. The van der Waals surface area contributed by atoms with Crippen molar-refractivity contribution in [2.45, 2.75) is 31.9 Å². The summed E-state index contributed by atoms with van der Waals surface area (Å²) in [4.78, 5) is 34.1. The van der Waals surface area contributed by atoms with Crippen LogP contribution in [0.4, 0.5) is 10.5 Å². The fraction of sp³-hybridized carbons (Fsp3) is 0.400. The lowest BCUT2D eigenvalue weighted by Gasteiger charge is -2.29. The molecule has 126 valence electrons. The van der Waals surface area contributed by atoms with E-state index in [2.05, 4.69) is 10.6 Å². The first-order valence-corrected chi connectivity index (χ1v) is 8.37. The van der Waals surface area contributed by atoms with Crippen LogP contribution in [0, 0.1) is 0 Å². The van der Waals surface area contributed by atoms with Crippen LogP contribution in [0.15, 0.2) is 24.3 Å². The molecule has 1 aromatic carbocycles. The van der Waals surface area contributed by atoms with Crippen LogP contribution in [0.1, 0.15) is 31.1 Å². The van der Waals surface area contributed by atoms with E-state index >= 15 is 0 Å². The molecule has 0 aliphatic carbocycles. The standard InChI is InChI=1S/C15H22N2O5Si/c1-9(23)15(2,3)22-13(20)10-5-4-6-11(7-10)17-14(21)16-8-12(18)19/h4-7,9H,8H2,1-3,23H3,(H,18,19)(H2,16,17,21). The number of aliphatic carboxylic acids is 1. The van der Waals surface area contributed by atoms with Gasteiger partial charge < -0.3 is 20.5 Å². The van der Waals surface area contributed by atoms with Crippen LogP contribution in [-0.2, 0) is 9.53 Å². The molecule has 23 heavy (non-hydrogen) atoms. The van der Waals surface area contributed by atoms with Gasteiger partial charge in [-0.1, -0.05) is 13.0 Å². The van der Waals surface area contributed by atoms with Gasteiger partial charge in [0, 0.05) is 15.9 Å². The summed E-state index contributed by atoms with van der Waals surface area (Å²) in [5.41, 5.74) is 0.427. The third kappa shape index (κ3) is 6.11. The van der Waals surface area contributed by atoms with Gasteiger partial charge in [0.1, 0.15) is 12.1 Å². The lowest BCUT2D eigenvalue weighted by Crippen LogP contribution is -2.33. The molecule has 0 aliphatic heterocycles. The number of carboxylic acid groups (broad SMARTS) is 1. The van der Waals surface area contributed by atoms with Gasteiger partial charge in [-0.2, -0.15) is 0 Å². The van der Waals surface area contributed by atoms with Gasteiger partial charge in [0.05, 0.1) is 5.56 Å². The number of ether oxygens (including phenoxy) is 1. The smallest absolute Gasteiger partial charge is 0.338 e. The lowest BCUT2D eigenvalue weighted by molar-refractivity contribution is -0.135. The van der Waals surface area contributed by atoms with Crippen molar-refractivity contribution < 1.29 is 24.2 Å². The van der Waals surface area contributed by atoms with Crippen molar-refractivity contribution in [3.63, 3.8) is 0 Å². The van der Waals surface area contributed by atoms with E-state index in [1.807, 2.05) is 20.8 Å². The van der Waals surface area contributed by atoms with Gasteiger partial charge >= 0.3 is 18.0 Å². The Hall–Kier alpha value is -2.35. The van der Waals surface area contributed by atoms with E-state index in [1.165, 1.54) is 6.07 Å². The Morgan fingerprint density at radius 1 is 1.35 bits per heavy atom. The largest absolute Gasteiger partial charge is 0.480 e. The summed E-state index contributed by atoms with van der Waals surface area (Å²) in [6.45, 7) is 5.26. The van der Waals surface area contributed by atoms with Crippen molar-refractivity contribution in [1.29, 1.82) is 0 Å². The quantitative estimate of drug-likeness (QED) is 0.530. The minimum absolute atomic E-state index is 0.287. The number of hydrogen-bond acceptors (Lipinski definition) is 4. The van der Waals surface area contributed by atoms with Crippen LogP contribution in [-0.4, -0.2) is 45.5 Å². The maximum absolute atomic E-state index is 12.2. The first kappa shape index (κ1) is 18.7. The first-order valence-electron chi connectivity index (χ1n) is 7.22. The Kier molecular flexibility index (Phi) is 6.32. The van der Waals surface area contributed by atoms with Crippen LogP contribution in [0.25, 0.3) is 0 Å². The Labute approximate surface area is 137 Å². The van der Waals surface area contributed by atoms with Crippen LogP contribution >= 0.6 is 0 Å². The van der Waals surface area contributed by atoms with Crippen LogP contribution < -0.4 is 10.6 Å².